The van der Waals surface area contributed by atoms with E-state index >= 15 is 4.39 Å². The Bertz CT molecular complexity index is 1090. The third-order valence-corrected chi connectivity index (χ3v) is 6.74. The lowest BCUT2D eigenvalue weighted by Crippen LogP contribution is -2.44. The first-order valence-corrected chi connectivity index (χ1v) is 10.1. The van der Waals surface area contributed by atoms with Crippen molar-refractivity contribution in [1.29, 1.82) is 0 Å². The van der Waals surface area contributed by atoms with Crippen molar-refractivity contribution in [3.05, 3.63) is 44.0 Å². The molecular weight excluding hydrogens is 361 g/mol. The van der Waals surface area contributed by atoms with Crippen LogP contribution < -0.4 is 27.7 Å². The van der Waals surface area contributed by atoms with Gasteiger partial charge in [0.2, 0.25) is 0 Å². The lowest BCUT2D eigenvalue weighted by Gasteiger charge is -2.24. The summed E-state index contributed by atoms with van der Waals surface area (Å²) in [6.07, 6.45) is 6.18. The molecule has 0 aromatic carbocycles. The highest BCUT2D eigenvalue weighted by Gasteiger charge is 2.38. The number of hydrogen-bond donors (Lipinski definition) is 2. The Kier molecular flexibility index (Phi) is 3.84. The molecule has 28 heavy (non-hydrogen) atoms. The molecule has 3 heterocycles. The molecule has 2 aromatic rings. The minimum atomic E-state index is -0.708. The van der Waals surface area contributed by atoms with Crippen molar-refractivity contribution < 1.29 is 4.39 Å². The molecule has 0 radical (unpaired) electrons. The van der Waals surface area contributed by atoms with Crippen LogP contribution >= 0.6 is 0 Å². The zero-order chi connectivity index (χ0) is 19.7. The highest BCUT2D eigenvalue weighted by atomic mass is 19.1. The van der Waals surface area contributed by atoms with Gasteiger partial charge in [0, 0.05) is 30.3 Å². The van der Waals surface area contributed by atoms with Crippen molar-refractivity contribution in [1.82, 2.24) is 9.08 Å². The fourth-order valence-corrected chi connectivity index (χ4v) is 4.95. The van der Waals surface area contributed by atoms with Gasteiger partial charge in [0.1, 0.15) is 0 Å². The third kappa shape index (κ3) is 2.65. The predicted molar refractivity (Wildman–Crippen MR) is 106 cm³/mol. The van der Waals surface area contributed by atoms with Gasteiger partial charge in [-0.05, 0) is 56.8 Å². The lowest BCUT2D eigenvalue weighted by molar-refractivity contribution is 0.492. The van der Waals surface area contributed by atoms with E-state index in [4.69, 9.17) is 11.6 Å². The number of fused-ring (bicyclic) bond motifs is 1. The van der Waals surface area contributed by atoms with E-state index in [0.717, 1.165) is 45.2 Å². The molecule has 4 N–H and O–H groups in total. The van der Waals surface area contributed by atoms with Crippen LogP contribution in [0.5, 0.6) is 0 Å². The molecule has 3 fully saturated rings. The Hall–Kier alpha value is -2.35. The van der Waals surface area contributed by atoms with Gasteiger partial charge in [-0.3, -0.25) is 9.20 Å². The summed E-state index contributed by atoms with van der Waals surface area (Å²) in [6, 6.07) is 0.333. The second-order valence-corrected chi connectivity index (χ2v) is 8.81. The molecule has 0 amide bonds. The normalized spacial score (nSPS) is 27.0. The van der Waals surface area contributed by atoms with Crippen LogP contribution in [0, 0.1) is 24.6 Å². The molecule has 150 valence electrons. The topological polar surface area (TPSA) is 98.8 Å². The van der Waals surface area contributed by atoms with Gasteiger partial charge in [-0.25, -0.2) is 9.18 Å². The minimum Gasteiger partial charge on any atom is -0.369 e. The minimum absolute atomic E-state index is 0.0950. The van der Waals surface area contributed by atoms with Crippen molar-refractivity contribution in [3.8, 4) is 0 Å². The van der Waals surface area contributed by atoms with Crippen LogP contribution in [0.3, 0.4) is 0 Å². The van der Waals surface area contributed by atoms with Crippen LogP contribution in [0.1, 0.15) is 49.1 Å². The summed E-state index contributed by atoms with van der Waals surface area (Å²) in [5, 5.41) is 0. The van der Waals surface area contributed by atoms with E-state index in [2.05, 4.69) is 4.90 Å². The number of pyridine rings is 1. The highest BCUT2D eigenvalue weighted by molar-refractivity contribution is 5.72. The van der Waals surface area contributed by atoms with Crippen molar-refractivity contribution in [2.24, 2.45) is 17.6 Å². The molecule has 2 saturated carbocycles. The maximum absolute atomic E-state index is 15.1. The average molecular weight is 387 g/mol. The number of aromatic nitrogens is 2. The second-order valence-electron chi connectivity index (χ2n) is 8.81. The lowest BCUT2D eigenvalue weighted by atomic mass is 10.0. The van der Waals surface area contributed by atoms with Gasteiger partial charge < -0.3 is 16.5 Å². The summed E-state index contributed by atoms with van der Waals surface area (Å²) in [5.41, 5.74) is 7.01. The van der Waals surface area contributed by atoms with Crippen LogP contribution in [-0.4, -0.2) is 28.2 Å². The van der Waals surface area contributed by atoms with Gasteiger partial charge in [-0.2, -0.15) is 4.68 Å². The van der Waals surface area contributed by atoms with Crippen molar-refractivity contribution in [2.75, 3.05) is 23.8 Å². The molecule has 7 nitrogen and oxygen atoms in total. The number of nitrogens with zero attached hydrogens (tertiary/aromatic N) is 3. The quantitative estimate of drug-likeness (QED) is 0.765. The molecule has 2 aliphatic carbocycles. The van der Waals surface area contributed by atoms with Crippen LogP contribution in [0.4, 0.5) is 10.1 Å². The molecule has 0 bridgehead atoms. The second kappa shape index (κ2) is 6.07. The monoisotopic (exact) mass is 387 g/mol. The van der Waals surface area contributed by atoms with Crippen LogP contribution in [0.15, 0.2) is 15.8 Å². The number of hydrogen-bond acceptors (Lipinski definition) is 5. The van der Waals surface area contributed by atoms with E-state index < -0.39 is 17.1 Å². The van der Waals surface area contributed by atoms with Gasteiger partial charge in [-0.15, -0.1) is 0 Å². The van der Waals surface area contributed by atoms with E-state index in [9.17, 15) is 9.59 Å². The maximum Gasteiger partial charge on any atom is 0.354 e. The molecule has 3 atom stereocenters. The summed E-state index contributed by atoms with van der Waals surface area (Å²) in [5.74, 6) is 6.45. The van der Waals surface area contributed by atoms with Gasteiger partial charge >= 0.3 is 5.69 Å². The van der Waals surface area contributed by atoms with Crippen molar-refractivity contribution >= 4 is 11.2 Å². The van der Waals surface area contributed by atoms with Crippen LogP contribution in [0.25, 0.3) is 5.52 Å². The molecule has 0 spiro atoms. The fraction of sp³-hybridized carbons (Fsp3) is 0.600. The maximum atomic E-state index is 15.1. The van der Waals surface area contributed by atoms with Crippen molar-refractivity contribution in [3.63, 3.8) is 0 Å². The Balaban J connectivity index is 1.60. The summed E-state index contributed by atoms with van der Waals surface area (Å²) in [4.78, 5) is 27.2. The number of halogens is 1. The average Bonchev–Trinajstić information content (AvgIpc) is 3.56. The molecular formula is C20H26FN5O2. The molecule has 8 heteroatoms. The SMILES string of the molecule is Cc1c(N2CCC(CC3CC3N)C2)c(F)cn2c(=O)n(N)c(=O)c(C3CC3)c12. The Labute approximate surface area is 161 Å². The molecule has 5 rings (SSSR count). The Morgan fingerprint density at radius 2 is 1.96 bits per heavy atom. The zero-order valence-corrected chi connectivity index (χ0v) is 16.0. The third-order valence-electron chi connectivity index (χ3n) is 6.74. The molecule has 3 unspecified atom stereocenters. The molecule has 1 saturated heterocycles. The van der Waals surface area contributed by atoms with E-state index in [0.29, 0.717) is 44.9 Å². The van der Waals surface area contributed by atoms with Gasteiger partial charge in [0.25, 0.3) is 5.56 Å². The first-order chi connectivity index (χ1) is 13.4. The van der Waals surface area contributed by atoms with Crippen LogP contribution in [-0.2, 0) is 0 Å². The summed E-state index contributed by atoms with van der Waals surface area (Å²) < 4.78 is 16.9. The summed E-state index contributed by atoms with van der Waals surface area (Å²) >= 11 is 0. The largest absolute Gasteiger partial charge is 0.369 e. The number of nitrogens with two attached hydrogens (primary N) is 2. The standard InChI is InChI=1S/C20H26FN5O2/c1-10-17(24-5-4-11(8-24)6-13-7-15(13)22)14(21)9-25-18(10)16(12-2-3-12)19(27)26(23)20(25)28/h9,11-13,15H,2-8,22-23H2,1H3. The Morgan fingerprint density at radius 3 is 2.61 bits per heavy atom. The number of anilines is 1. The molecule has 3 aliphatic rings. The fourth-order valence-electron chi connectivity index (χ4n) is 4.95. The smallest absolute Gasteiger partial charge is 0.354 e. The molecule has 2 aromatic heterocycles. The van der Waals surface area contributed by atoms with E-state index in [-0.39, 0.29) is 5.92 Å². The van der Waals surface area contributed by atoms with Gasteiger partial charge in [0.15, 0.2) is 5.82 Å². The van der Waals surface area contributed by atoms with Gasteiger partial charge in [0.05, 0.1) is 17.4 Å². The van der Waals surface area contributed by atoms with Crippen LogP contribution in [0.2, 0.25) is 0 Å². The summed E-state index contributed by atoms with van der Waals surface area (Å²) in [7, 11) is 0. The number of nitrogen functional groups attached to an aromatic ring is 1. The van der Waals surface area contributed by atoms with E-state index in [1.807, 2.05) is 6.92 Å². The van der Waals surface area contributed by atoms with E-state index in [1.54, 1.807) is 0 Å². The predicted octanol–water partition coefficient (Wildman–Crippen LogP) is 1.06. The Morgan fingerprint density at radius 1 is 1.25 bits per heavy atom. The zero-order valence-electron chi connectivity index (χ0n) is 16.0. The summed E-state index contributed by atoms with van der Waals surface area (Å²) in [6.45, 7) is 3.37. The highest BCUT2D eigenvalue weighted by Crippen LogP contribution is 2.43. The first kappa shape index (κ1) is 17.7. The first-order valence-electron chi connectivity index (χ1n) is 10.1. The number of rotatable bonds is 4. The molecule has 1 aliphatic heterocycles. The van der Waals surface area contributed by atoms with Crippen molar-refractivity contribution in [2.45, 2.75) is 51.0 Å². The number of aryl methyl sites for hydroxylation is 1. The van der Waals surface area contributed by atoms with Gasteiger partial charge in [-0.1, -0.05) is 0 Å². The van der Waals surface area contributed by atoms with E-state index in [1.165, 1.54) is 10.6 Å².